The van der Waals surface area contributed by atoms with Gasteiger partial charge in [-0.1, -0.05) is 57.2 Å². The first kappa shape index (κ1) is 24.3. The van der Waals surface area contributed by atoms with E-state index in [1.165, 1.54) is 11.1 Å². The summed E-state index contributed by atoms with van der Waals surface area (Å²) >= 11 is 1.74. The summed E-state index contributed by atoms with van der Waals surface area (Å²) in [7, 11) is -3.57. The van der Waals surface area contributed by atoms with Crippen molar-refractivity contribution in [1.82, 2.24) is 5.32 Å². The molecule has 2 aromatic carbocycles. The number of thioether (sulfide) groups is 1. The Bertz CT molecular complexity index is 949. The molecular formula is C23H32N2O3S2. The number of hydrogen-bond acceptors (Lipinski definition) is 4. The van der Waals surface area contributed by atoms with Crippen molar-refractivity contribution in [3.05, 3.63) is 65.2 Å². The Labute approximate surface area is 185 Å². The van der Waals surface area contributed by atoms with Crippen molar-refractivity contribution in [1.29, 1.82) is 0 Å². The monoisotopic (exact) mass is 448 g/mol. The zero-order valence-corrected chi connectivity index (χ0v) is 20.1. The van der Waals surface area contributed by atoms with Crippen LogP contribution >= 0.6 is 11.8 Å². The topological polar surface area (TPSA) is 66.5 Å². The summed E-state index contributed by atoms with van der Waals surface area (Å²) in [4.78, 5) is 12.4. The van der Waals surface area contributed by atoms with Crippen molar-refractivity contribution in [2.24, 2.45) is 0 Å². The maximum Gasteiger partial charge on any atom is 0.240 e. The van der Waals surface area contributed by atoms with Crippen molar-refractivity contribution in [2.45, 2.75) is 38.9 Å². The van der Waals surface area contributed by atoms with Crippen LogP contribution in [0.1, 0.15) is 37.5 Å². The third-order valence-corrected chi connectivity index (χ3v) is 6.94. The number of carbonyl (C=O) groups excluding carboxylic acids is 1. The van der Waals surface area contributed by atoms with Crippen LogP contribution in [0, 0.1) is 6.92 Å². The van der Waals surface area contributed by atoms with Gasteiger partial charge in [0.15, 0.2) is 0 Å². The second-order valence-electron chi connectivity index (χ2n) is 8.40. The molecule has 0 heterocycles. The standard InChI is InChI=1S/C23H32N2O3S2/c1-18-8-6-7-9-19(18)17-29-15-14-24-22(26)16-25(30(5,27)28)21-12-10-20(11-13-21)23(2,3)4/h6-13H,14-17H2,1-5H3,(H,24,26). The average molecular weight is 449 g/mol. The van der Waals surface area contributed by atoms with E-state index in [-0.39, 0.29) is 17.9 Å². The molecule has 30 heavy (non-hydrogen) atoms. The number of rotatable bonds is 9. The maximum atomic E-state index is 12.4. The van der Waals surface area contributed by atoms with Gasteiger partial charge in [0.25, 0.3) is 0 Å². The molecular weight excluding hydrogens is 416 g/mol. The Morgan fingerprint density at radius 1 is 1.07 bits per heavy atom. The van der Waals surface area contributed by atoms with Crippen molar-refractivity contribution < 1.29 is 13.2 Å². The first-order valence-electron chi connectivity index (χ1n) is 9.95. The van der Waals surface area contributed by atoms with Gasteiger partial charge in [0.2, 0.25) is 15.9 Å². The lowest BCUT2D eigenvalue weighted by atomic mass is 9.87. The summed E-state index contributed by atoms with van der Waals surface area (Å²) < 4.78 is 25.7. The number of hydrogen-bond donors (Lipinski definition) is 1. The molecule has 0 spiro atoms. The largest absolute Gasteiger partial charge is 0.354 e. The molecule has 0 saturated carbocycles. The van der Waals surface area contributed by atoms with E-state index < -0.39 is 10.0 Å². The highest BCUT2D eigenvalue weighted by Gasteiger charge is 2.21. The van der Waals surface area contributed by atoms with Crippen LogP contribution in [0.4, 0.5) is 5.69 Å². The highest BCUT2D eigenvalue weighted by atomic mass is 32.2. The predicted molar refractivity (Wildman–Crippen MR) is 128 cm³/mol. The fraction of sp³-hybridized carbons (Fsp3) is 0.435. The van der Waals surface area contributed by atoms with Crippen molar-refractivity contribution >= 4 is 33.4 Å². The predicted octanol–water partition coefficient (Wildman–Crippen LogP) is 4.11. The Morgan fingerprint density at radius 3 is 2.27 bits per heavy atom. The van der Waals surface area contributed by atoms with E-state index in [0.717, 1.165) is 27.6 Å². The fourth-order valence-electron chi connectivity index (χ4n) is 2.93. The van der Waals surface area contributed by atoms with Gasteiger partial charge in [-0.2, -0.15) is 11.8 Å². The number of nitrogens with one attached hydrogen (secondary N) is 1. The summed E-state index contributed by atoms with van der Waals surface area (Å²) in [6.45, 7) is 8.65. The van der Waals surface area contributed by atoms with Crippen LogP contribution in [0.2, 0.25) is 0 Å². The Hall–Kier alpha value is -1.99. The number of carbonyl (C=O) groups is 1. The minimum Gasteiger partial charge on any atom is -0.354 e. The molecule has 0 aromatic heterocycles. The van der Waals surface area contributed by atoms with E-state index >= 15 is 0 Å². The smallest absolute Gasteiger partial charge is 0.240 e. The van der Waals surface area contributed by atoms with Crippen LogP contribution in [0.3, 0.4) is 0 Å². The molecule has 7 heteroatoms. The molecule has 2 rings (SSSR count). The van der Waals surface area contributed by atoms with Gasteiger partial charge >= 0.3 is 0 Å². The van der Waals surface area contributed by atoms with Gasteiger partial charge in [-0.3, -0.25) is 9.10 Å². The van der Waals surface area contributed by atoms with Crippen molar-refractivity contribution in [2.75, 3.05) is 29.4 Å². The first-order valence-corrected chi connectivity index (χ1v) is 13.0. The van der Waals surface area contributed by atoms with Crippen LogP contribution in [0.25, 0.3) is 0 Å². The normalized spacial score (nSPS) is 11.9. The van der Waals surface area contributed by atoms with E-state index in [4.69, 9.17) is 0 Å². The highest BCUT2D eigenvalue weighted by Crippen LogP contribution is 2.25. The van der Waals surface area contributed by atoms with Crippen LogP contribution in [-0.2, 0) is 26.0 Å². The lowest BCUT2D eigenvalue weighted by Crippen LogP contribution is -2.41. The maximum absolute atomic E-state index is 12.4. The molecule has 5 nitrogen and oxygen atoms in total. The molecule has 2 aromatic rings. The Balaban J connectivity index is 1.89. The van der Waals surface area contributed by atoms with E-state index in [9.17, 15) is 13.2 Å². The molecule has 0 aliphatic heterocycles. The van der Waals surface area contributed by atoms with Crippen LogP contribution in [0.15, 0.2) is 48.5 Å². The van der Waals surface area contributed by atoms with Crippen molar-refractivity contribution in [3.8, 4) is 0 Å². The number of aryl methyl sites for hydroxylation is 1. The molecule has 0 aliphatic rings. The molecule has 0 atom stereocenters. The minimum absolute atomic E-state index is 0.0260. The van der Waals surface area contributed by atoms with Gasteiger partial charge in [0.1, 0.15) is 6.54 Å². The molecule has 1 N–H and O–H groups in total. The summed E-state index contributed by atoms with van der Waals surface area (Å²) in [6, 6.07) is 15.6. The molecule has 1 amide bonds. The lowest BCUT2D eigenvalue weighted by Gasteiger charge is -2.24. The Kier molecular flexibility index (Phi) is 8.38. The number of sulfonamides is 1. The Morgan fingerprint density at radius 2 is 1.70 bits per heavy atom. The summed E-state index contributed by atoms with van der Waals surface area (Å²) in [5.74, 6) is 1.34. The van der Waals surface area contributed by atoms with Crippen molar-refractivity contribution in [3.63, 3.8) is 0 Å². The van der Waals surface area contributed by atoms with E-state index in [1.807, 2.05) is 24.3 Å². The van der Waals surface area contributed by atoms with Crippen LogP contribution in [-0.4, -0.2) is 39.4 Å². The molecule has 0 saturated heterocycles. The average Bonchev–Trinajstić information content (AvgIpc) is 2.66. The van der Waals surface area contributed by atoms with Crippen LogP contribution < -0.4 is 9.62 Å². The first-order chi connectivity index (χ1) is 14.0. The molecule has 0 fully saturated rings. The molecule has 0 bridgehead atoms. The van der Waals surface area contributed by atoms with Gasteiger partial charge in [-0.15, -0.1) is 0 Å². The fourth-order valence-corrected chi connectivity index (χ4v) is 4.72. The zero-order chi connectivity index (χ0) is 22.4. The molecule has 0 radical (unpaired) electrons. The molecule has 0 unspecified atom stereocenters. The second kappa shape index (κ2) is 10.4. The van der Waals surface area contributed by atoms with Gasteiger partial charge in [-0.05, 0) is 41.2 Å². The second-order valence-corrected chi connectivity index (χ2v) is 11.4. The number of anilines is 1. The summed E-state index contributed by atoms with van der Waals surface area (Å²) in [5, 5.41) is 2.83. The van der Waals surface area contributed by atoms with Gasteiger partial charge < -0.3 is 5.32 Å². The minimum atomic E-state index is -3.57. The van der Waals surface area contributed by atoms with Crippen LogP contribution in [0.5, 0.6) is 0 Å². The van der Waals surface area contributed by atoms with Gasteiger partial charge in [0.05, 0.1) is 11.9 Å². The lowest BCUT2D eigenvalue weighted by molar-refractivity contribution is -0.119. The summed E-state index contributed by atoms with van der Waals surface area (Å²) in [6.07, 6.45) is 1.12. The number of amides is 1. The number of nitrogens with zero attached hydrogens (tertiary/aromatic N) is 1. The molecule has 0 aliphatic carbocycles. The number of benzene rings is 2. The third kappa shape index (κ3) is 7.36. The van der Waals surface area contributed by atoms with E-state index in [1.54, 1.807) is 23.9 Å². The third-order valence-electron chi connectivity index (χ3n) is 4.80. The summed E-state index contributed by atoms with van der Waals surface area (Å²) in [5.41, 5.74) is 4.12. The van der Waals surface area contributed by atoms with E-state index in [0.29, 0.717) is 12.2 Å². The highest BCUT2D eigenvalue weighted by molar-refractivity contribution is 7.98. The van der Waals surface area contributed by atoms with Gasteiger partial charge in [-0.25, -0.2) is 8.42 Å². The quantitative estimate of drug-likeness (QED) is 0.586. The molecule has 164 valence electrons. The zero-order valence-electron chi connectivity index (χ0n) is 18.4. The van der Waals surface area contributed by atoms with Gasteiger partial charge in [0, 0.05) is 18.1 Å². The SMILES string of the molecule is Cc1ccccc1CSCCNC(=O)CN(c1ccc(C(C)(C)C)cc1)S(C)(=O)=O. The van der Waals surface area contributed by atoms with E-state index in [2.05, 4.69) is 45.1 Å².